The third-order valence-electron chi connectivity index (χ3n) is 3.51. The largest absolute Gasteiger partial charge is 0.490 e. The molecule has 0 spiro atoms. The fraction of sp³-hybridized carbons (Fsp3) is 0.462. The van der Waals surface area contributed by atoms with E-state index in [4.69, 9.17) is 10.00 Å². The molecule has 1 saturated carbocycles. The molecule has 0 amide bonds. The molecule has 0 heterocycles. The molecule has 6 nitrogen and oxygen atoms in total. The second-order valence-corrected chi connectivity index (χ2v) is 4.68. The molecule has 0 aromatic heterocycles. The summed E-state index contributed by atoms with van der Waals surface area (Å²) in [5.74, 6) is 0.598. The van der Waals surface area contributed by atoms with Gasteiger partial charge in [-0.2, -0.15) is 5.26 Å². The number of rotatable bonds is 4. The van der Waals surface area contributed by atoms with Crippen molar-refractivity contribution in [3.8, 4) is 11.8 Å². The first kappa shape index (κ1) is 13.3. The van der Waals surface area contributed by atoms with E-state index in [1.54, 1.807) is 19.2 Å². The Hall–Kier alpha value is -2.13. The van der Waals surface area contributed by atoms with Gasteiger partial charge in [0.05, 0.1) is 11.0 Å². The topological polar surface area (TPSA) is 88.2 Å². The average Bonchev–Trinajstić information content (AvgIpc) is 2.83. The van der Waals surface area contributed by atoms with E-state index in [0.717, 1.165) is 12.8 Å². The van der Waals surface area contributed by atoms with Gasteiger partial charge in [0.1, 0.15) is 17.4 Å². The number of nitrogens with one attached hydrogen (secondary N) is 1. The highest BCUT2D eigenvalue weighted by atomic mass is 16.6. The van der Waals surface area contributed by atoms with Crippen LogP contribution in [0.25, 0.3) is 0 Å². The summed E-state index contributed by atoms with van der Waals surface area (Å²) in [6.45, 7) is 0. The smallest absolute Gasteiger partial charge is 0.269 e. The first-order valence-electron chi connectivity index (χ1n) is 6.10. The van der Waals surface area contributed by atoms with Crippen molar-refractivity contribution >= 4 is 5.69 Å². The highest BCUT2D eigenvalue weighted by molar-refractivity contribution is 5.36. The van der Waals surface area contributed by atoms with E-state index in [2.05, 4.69) is 11.4 Å². The van der Waals surface area contributed by atoms with Crippen molar-refractivity contribution in [1.82, 2.24) is 5.32 Å². The summed E-state index contributed by atoms with van der Waals surface area (Å²) in [4.78, 5) is 10.1. The number of benzene rings is 1. The average molecular weight is 261 g/mol. The molecule has 2 rings (SSSR count). The Morgan fingerprint density at radius 3 is 2.68 bits per heavy atom. The molecule has 1 fully saturated rings. The zero-order chi connectivity index (χ0) is 13.9. The molecule has 6 heteroatoms. The SMILES string of the molecule is CNC1(C#N)CCC(Oc2ccc([N+](=O)[O-])cc2)C1. The fourth-order valence-corrected chi connectivity index (χ4v) is 2.32. The van der Waals surface area contributed by atoms with Gasteiger partial charge in [0.25, 0.3) is 5.69 Å². The van der Waals surface area contributed by atoms with E-state index >= 15 is 0 Å². The number of nitrogens with zero attached hydrogens (tertiary/aromatic N) is 2. The van der Waals surface area contributed by atoms with E-state index in [-0.39, 0.29) is 11.8 Å². The summed E-state index contributed by atoms with van der Waals surface area (Å²) in [5, 5.41) is 22.7. The van der Waals surface area contributed by atoms with Crippen LogP contribution in [-0.2, 0) is 0 Å². The molecular weight excluding hydrogens is 246 g/mol. The minimum Gasteiger partial charge on any atom is -0.490 e. The van der Waals surface area contributed by atoms with Crippen molar-refractivity contribution in [3.05, 3.63) is 34.4 Å². The van der Waals surface area contributed by atoms with Gasteiger partial charge in [0, 0.05) is 18.6 Å². The van der Waals surface area contributed by atoms with Crippen molar-refractivity contribution in [2.24, 2.45) is 0 Å². The van der Waals surface area contributed by atoms with Crippen molar-refractivity contribution in [2.75, 3.05) is 7.05 Å². The predicted molar refractivity (Wildman–Crippen MR) is 68.8 cm³/mol. The molecule has 100 valence electrons. The molecule has 1 aromatic rings. The van der Waals surface area contributed by atoms with Gasteiger partial charge in [-0.1, -0.05) is 0 Å². The molecule has 1 N–H and O–H groups in total. The molecule has 1 aromatic carbocycles. The van der Waals surface area contributed by atoms with E-state index in [1.807, 2.05) is 0 Å². The molecule has 0 aliphatic heterocycles. The van der Waals surface area contributed by atoms with Gasteiger partial charge in [0.2, 0.25) is 0 Å². The number of hydrogen-bond donors (Lipinski definition) is 1. The molecule has 1 aliphatic rings. The van der Waals surface area contributed by atoms with Gasteiger partial charge in [-0.25, -0.2) is 0 Å². The van der Waals surface area contributed by atoms with Gasteiger partial charge < -0.3 is 10.1 Å². The van der Waals surface area contributed by atoms with Crippen LogP contribution in [0.15, 0.2) is 24.3 Å². The normalized spacial score (nSPS) is 25.8. The second-order valence-electron chi connectivity index (χ2n) is 4.68. The monoisotopic (exact) mass is 261 g/mol. The number of nitro benzene ring substituents is 1. The second kappa shape index (κ2) is 5.24. The summed E-state index contributed by atoms with van der Waals surface area (Å²) in [6.07, 6.45) is 2.13. The van der Waals surface area contributed by atoms with Crippen molar-refractivity contribution in [1.29, 1.82) is 5.26 Å². The first-order valence-corrected chi connectivity index (χ1v) is 6.10. The van der Waals surface area contributed by atoms with Crippen molar-refractivity contribution in [2.45, 2.75) is 30.9 Å². The third-order valence-corrected chi connectivity index (χ3v) is 3.51. The maximum atomic E-state index is 10.5. The van der Waals surface area contributed by atoms with Crippen LogP contribution in [0.3, 0.4) is 0 Å². The minimum atomic E-state index is -0.508. The number of hydrogen-bond acceptors (Lipinski definition) is 5. The third kappa shape index (κ3) is 2.83. The van der Waals surface area contributed by atoms with Crippen LogP contribution in [0.5, 0.6) is 5.75 Å². The van der Waals surface area contributed by atoms with E-state index in [1.165, 1.54) is 12.1 Å². The fourth-order valence-electron chi connectivity index (χ4n) is 2.32. The summed E-state index contributed by atoms with van der Waals surface area (Å²) in [5.41, 5.74) is -0.466. The maximum Gasteiger partial charge on any atom is 0.269 e. The van der Waals surface area contributed by atoms with E-state index in [0.29, 0.717) is 12.2 Å². The van der Waals surface area contributed by atoms with Gasteiger partial charge in [-0.15, -0.1) is 0 Å². The summed E-state index contributed by atoms with van der Waals surface area (Å²) < 4.78 is 5.76. The Balaban J connectivity index is 2.00. The molecule has 1 aliphatic carbocycles. The van der Waals surface area contributed by atoms with Crippen LogP contribution in [0.4, 0.5) is 5.69 Å². The van der Waals surface area contributed by atoms with Crippen molar-refractivity contribution in [3.63, 3.8) is 0 Å². The lowest BCUT2D eigenvalue weighted by Crippen LogP contribution is -2.39. The zero-order valence-corrected chi connectivity index (χ0v) is 10.6. The van der Waals surface area contributed by atoms with Crippen LogP contribution >= 0.6 is 0 Å². The number of non-ortho nitro benzene ring substituents is 1. The molecule has 2 atom stereocenters. The number of nitriles is 1. The molecule has 19 heavy (non-hydrogen) atoms. The maximum absolute atomic E-state index is 10.5. The molecule has 0 saturated heterocycles. The Bertz CT molecular complexity index is 509. The summed E-state index contributed by atoms with van der Waals surface area (Å²) >= 11 is 0. The van der Waals surface area contributed by atoms with Gasteiger partial charge in [-0.05, 0) is 32.0 Å². The summed E-state index contributed by atoms with van der Waals surface area (Å²) in [7, 11) is 1.78. The van der Waals surface area contributed by atoms with Crippen LogP contribution in [0, 0.1) is 21.4 Å². The van der Waals surface area contributed by atoms with E-state index < -0.39 is 10.5 Å². The van der Waals surface area contributed by atoms with Crippen LogP contribution in [0.1, 0.15) is 19.3 Å². The number of ether oxygens (including phenoxy) is 1. The molecule has 0 radical (unpaired) electrons. The zero-order valence-electron chi connectivity index (χ0n) is 10.6. The lowest BCUT2D eigenvalue weighted by molar-refractivity contribution is -0.384. The standard InChI is InChI=1S/C13H15N3O3/c1-15-13(9-14)7-6-12(8-13)19-11-4-2-10(3-5-11)16(17)18/h2-5,12,15H,6-8H2,1H3. The van der Waals surface area contributed by atoms with Gasteiger partial charge in [-0.3, -0.25) is 10.1 Å². The van der Waals surface area contributed by atoms with Crippen LogP contribution in [0.2, 0.25) is 0 Å². The van der Waals surface area contributed by atoms with Gasteiger partial charge in [0.15, 0.2) is 0 Å². The van der Waals surface area contributed by atoms with Crippen LogP contribution in [-0.4, -0.2) is 23.6 Å². The lowest BCUT2D eigenvalue weighted by Gasteiger charge is -2.20. The molecular formula is C13H15N3O3. The Morgan fingerprint density at radius 1 is 1.53 bits per heavy atom. The highest BCUT2D eigenvalue weighted by Gasteiger charge is 2.39. The molecule has 2 unspecified atom stereocenters. The predicted octanol–water partition coefficient (Wildman–Crippen LogP) is 2.01. The van der Waals surface area contributed by atoms with E-state index in [9.17, 15) is 10.1 Å². The highest BCUT2D eigenvalue weighted by Crippen LogP contribution is 2.32. The quantitative estimate of drug-likeness (QED) is 0.661. The van der Waals surface area contributed by atoms with Crippen LogP contribution < -0.4 is 10.1 Å². The Labute approximate surface area is 111 Å². The Morgan fingerprint density at radius 2 is 2.21 bits per heavy atom. The Kier molecular flexibility index (Phi) is 3.67. The first-order chi connectivity index (χ1) is 9.08. The minimum absolute atomic E-state index is 0.0337. The van der Waals surface area contributed by atoms with Crippen molar-refractivity contribution < 1.29 is 9.66 Å². The number of nitro groups is 1. The lowest BCUT2D eigenvalue weighted by atomic mass is 10.0. The summed E-state index contributed by atoms with van der Waals surface area (Å²) in [6, 6.07) is 8.29. The van der Waals surface area contributed by atoms with Gasteiger partial charge >= 0.3 is 0 Å². The molecule has 0 bridgehead atoms.